The van der Waals surface area contributed by atoms with E-state index in [1.165, 1.54) is 38.5 Å². The molecule has 1 aliphatic carbocycles. The van der Waals surface area contributed by atoms with Crippen molar-refractivity contribution < 1.29 is 9.32 Å². The van der Waals surface area contributed by atoms with Gasteiger partial charge in [-0.15, -0.1) is 0 Å². The van der Waals surface area contributed by atoms with Crippen LogP contribution in [-0.2, 0) is 21.1 Å². The van der Waals surface area contributed by atoms with E-state index < -0.39 is 6.57 Å². The van der Waals surface area contributed by atoms with Crippen LogP contribution >= 0.6 is 6.57 Å². The molecule has 1 heterocycles. The number of hydrogen-bond acceptors (Lipinski definition) is 3. The van der Waals surface area contributed by atoms with Gasteiger partial charge in [0, 0.05) is 18.5 Å². The molecule has 0 radical (unpaired) electrons. The Morgan fingerprint density at radius 1 is 1.17 bits per heavy atom. The summed E-state index contributed by atoms with van der Waals surface area (Å²) < 4.78 is 10.8. The Hall–Kier alpha value is 0.200. The quantitative estimate of drug-likeness (QED) is 0.475. The molecule has 0 N–H and O–H groups in total. The Kier molecular flexibility index (Phi) is 7.24. The standard InChI is InChI=1S/C17H33N2O2PS/c1-5-6-7-8-13-17(20)14(2)21-22(23)18(3)15-11-9-10-12-16(15)19(22)4/h14-16H,5-13H2,1-4H3/t14-,15+,16+/m0/s1. The molecule has 2 rings (SSSR count). The first-order chi connectivity index (χ1) is 10.9. The summed E-state index contributed by atoms with van der Waals surface area (Å²) >= 11 is 5.96. The van der Waals surface area contributed by atoms with Crippen molar-refractivity contribution in [2.75, 3.05) is 14.1 Å². The molecule has 0 spiro atoms. The molecular formula is C17H33N2O2PS. The number of nitrogens with zero attached hydrogens (tertiary/aromatic N) is 2. The first-order valence-corrected chi connectivity index (χ1v) is 11.8. The van der Waals surface area contributed by atoms with E-state index >= 15 is 0 Å². The highest BCUT2D eigenvalue weighted by atomic mass is 32.5. The minimum Gasteiger partial charge on any atom is -0.316 e. The zero-order valence-electron chi connectivity index (χ0n) is 15.2. The molecule has 2 aliphatic rings. The van der Waals surface area contributed by atoms with E-state index in [1.54, 1.807) is 0 Å². The van der Waals surface area contributed by atoms with Gasteiger partial charge in [0.15, 0.2) is 5.78 Å². The lowest BCUT2D eigenvalue weighted by Crippen LogP contribution is -2.37. The number of hydrogen-bond donors (Lipinski definition) is 0. The fourth-order valence-electron chi connectivity index (χ4n) is 3.90. The Morgan fingerprint density at radius 2 is 1.74 bits per heavy atom. The minimum absolute atomic E-state index is 0.210. The van der Waals surface area contributed by atoms with Gasteiger partial charge in [-0.05, 0) is 52.1 Å². The molecule has 6 heteroatoms. The normalized spacial score (nSPS) is 29.4. The van der Waals surface area contributed by atoms with Crippen molar-refractivity contribution in [2.24, 2.45) is 0 Å². The number of carbonyl (C=O) groups excluding carboxylic acids is 1. The van der Waals surface area contributed by atoms with Crippen LogP contribution in [0.1, 0.15) is 71.6 Å². The number of fused-ring (bicyclic) bond motifs is 1. The van der Waals surface area contributed by atoms with Crippen LogP contribution in [0.5, 0.6) is 0 Å². The van der Waals surface area contributed by atoms with Crippen LogP contribution in [0.3, 0.4) is 0 Å². The topological polar surface area (TPSA) is 32.8 Å². The fraction of sp³-hybridized carbons (Fsp3) is 0.941. The van der Waals surface area contributed by atoms with Gasteiger partial charge in [-0.3, -0.25) is 4.79 Å². The molecule has 0 bridgehead atoms. The Morgan fingerprint density at radius 3 is 2.26 bits per heavy atom. The predicted octanol–water partition coefficient (Wildman–Crippen LogP) is 4.34. The molecule has 3 atom stereocenters. The van der Waals surface area contributed by atoms with Crippen LogP contribution in [0.15, 0.2) is 0 Å². The molecule has 0 aromatic rings. The lowest BCUT2D eigenvalue weighted by atomic mass is 9.91. The summed E-state index contributed by atoms with van der Waals surface area (Å²) in [6, 6.07) is 1.01. The number of rotatable bonds is 8. The van der Waals surface area contributed by atoms with Crippen molar-refractivity contribution in [1.29, 1.82) is 0 Å². The monoisotopic (exact) mass is 360 g/mol. The van der Waals surface area contributed by atoms with E-state index in [-0.39, 0.29) is 11.9 Å². The second kappa shape index (κ2) is 8.53. The van der Waals surface area contributed by atoms with Gasteiger partial charge in [-0.2, -0.15) is 0 Å². The second-order valence-electron chi connectivity index (χ2n) is 7.08. The third-order valence-corrected chi connectivity index (χ3v) is 10.1. The summed E-state index contributed by atoms with van der Waals surface area (Å²) in [4.78, 5) is 12.4. The van der Waals surface area contributed by atoms with E-state index in [4.69, 9.17) is 16.3 Å². The highest BCUT2D eigenvalue weighted by Crippen LogP contribution is 2.63. The maximum Gasteiger partial charge on any atom is 0.204 e. The molecule has 0 unspecified atom stereocenters. The highest BCUT2D eigenvalue weighted by molar-refractivity contribution is 8.10. The number of carbonyl (C=O) groups is 1. The zero-order valence-corrected chi connectivity index (χ0v) is 16.9. The van der Waals surface area contributed by atoms with Crippen LogP contribution in [0.4, 0.5) is 0 Å². The lowest BCUT2D eigenvalue weighted by molar-refractivity contribution is -0.125. The first kappa shape index (κ1) is 19.5. The van der Waals surface area contributed by atoms with Crippen molar-refractivity contribution in [3.8, 4) is 0 Å². The molecule has 0 amide bonds. The van der Waals surface area contributed by atoms with Crippen molar-refractivity contribution in [1.82, 2.24) is 9.34 Å². The van der Waals surface area contributed by atoms with E-state index in [1.807, 2.05) is 6.92 Å². The molecule has 0 aromatic carbocycles. The number of ketones is 1. The first-order valence-electron chi connectivity index (χ1n) is 9.19. The van der Waals surface area contributed by atoms with Gasteiger partial charge in [0.1, 0.15) is 6.10 Å². The minimum atomic E-state index is -2.23. The molecular weight excluding hydrogens is 327 g/mol. The largest absolute Gasteiger partial charge is 0.316 e. The third kappa shape index (κ3) is 4.24. The summed E-state index contributed by atoms with van der Waals surface area (Å²) in [5, 5.41) is 0. The molecule has 0 aromatic heterocycles. The zero-order chi connectivity index (χ0) is 17.0. The van der Waals surface area contributed by atoms with Gasteiger partial charge in [0.2, 0.25) is 6.57 Å². The number of Topliss-reactive ketones (excluding diaryl/α,β-unsaturated/α-hetero) is 1. The summed E-state index contributed by atoms with van der Waals surface area (Å²) in [5.74, 6) is 0.210. The molecule has 23 heavy (non-hydrogen) atoms. The average Bonchev–Trinajstić information content (AvgIpc) is 2.74. The van der Waals surface area contributed by atoms with Crippen LogP contribution < -0.4 is 0 Å². The van der Waals surface area contributed by atoms with E-state index in [0.29, 0.717) is 18.5 Å². The predicted molar refractivity (Wildman–Crippen MR) is 100 cm³/mol. The Bertz CT molecular complexity index is 438. The second-order valence-corrected chi connectivity index (χ2v) is 11.0. The van der Waals surface area contributed by atoms with Gasteiger partial charge in [-0.1, -0.05) is 39.0 Å². The van der Waals surface area contributed by atoms with Gasteiger partial charge in [0.05, 0.1) is 0 Å². The number of likely N-dealkylation sites (N-methyl/N-ethyl adjacent to an activating group) is 2. The highest BCUT2D eigenvalue weighted by Gasteiger charge is 2.50. The maximum absolute atomic E-state index is 12.4. The SMILES string of the molecule is CCCCCCC(=O)[C@H](C)OP1(=S)N(C)[C@@H]2CCCC[C@H]2N1C. The van der Waals surface area contributed by atoms with Crippen molar-refractivity contribution in [2.45, 2.75) is 89.8 Å². The number of unbranched alkanes of at least 4 members (excludes halogenated alkanes) is 3. The summed E-state index contributed by atoms with van der Waals surface area (Å²) in [7, 11) is 4.21. The van der Waals surface area contributed by atoms with Gasteiger partial charge in [0.25, 0.3) is 0 Å². The van der Waals surface area contributed by atoms with Crippen molar-refractivity contribution in [3.63, 3.8) is 0 Å². The molecule has 1 saturated heterocycles. The Labute approximate surface area is 147 Å². The molecule has 1 aliphatic heterocycles. The van der Waals surface area contributed by atoms with Crippen molar-refractivity contribution >= 4 is 24.2 Å². The van der Waals surface area contributed by atoms with Crippen LogP contribution in [-0.4, -0.2) is 47.4 Å². The smallest absolute Gasteiger partial charge is 0.204 e. The maximum atomic E-state index is 12.4. The van der Waals surface area contributed by atoms with Crippen molar-refractivity contribution in [3.05, 3.63) is 0 Å². The van der Waals surface area contributed by atoms with Gasteiger partial charge in [-0.25, -0.2) is 9.34 Å². The van der Waals surface area contributed by atoms with E-state index in [2.05, 4.69) is 30.4 Å². The lowest BCUT2D eigenvalue weighted by Gasteiger charge is -2.32. The van der Waals surface area contributed by atoms with Gasteiger partial charge >= 0.3 is 0 Å². The molecule has 134 valence electrons. The molecule has 4 nitrogen and oxygen atoms in total. The summed E-state index contributed by atoms with van der Waals surface area (Å²) in [6.07, 6.45) is 9.70. The Balaban J connectivity index is 1.94. The van der Waals surface area contributed by atoms with Gasteiger partial charge < -0.3 is 4.52 Å². The average molecular weight is 361 g/mol. The molecule has 2 fully saturated rings. The van der Waals surface area contributed by atoms with Crippen LogP contribution in [0.2, 0.25) is 0 Å². The van der Waals surface area contributed by atoms with Crippen LogP contribution in [0, 0.1) is 0 Å². The fourth-order valence-corrected chi connectivity index (χ4v) is 7.58. The molecule has 1 saturated carbocycles. The van der Waals surface area contributed by atoms with Crippen LogP contribution in [0.25, 0.3) is 0 Å². The summed E-state index contributed by atoms with van der Waals surface area (Å²) in [5.41, 5.74) is 0. The summed E-state index contributed by atoms with van der Waals surface area (Å²) in [6.45, 7) is 1.84. The third-order valence-electron chi connectivity index (χ3n) is 5.48. The van der Waals surface area contributed by atoms with E-state index in [0.717, 1.165) is 12.8 Å². The van der Waals surface area contributed by atoms with E-state index in [9.17, 15) is 4.79 Å².